The van der Waals surface area contributed by atoms with Crippen LogP contribution in [0.25, 0.3) is 0 Å². The molecule has 0 aliphatic heterocycles. The van der Waals surface area contributed by atoms with Crippen LogP contribution in [0, 0.1) is 19.8 Å². The zero-order valence-electron chi connectivity index (χ0n) is 13.9. The average molecular weight is 314 g/mol. The smallest absolute Gasteiger partial charge is 0.347 e. The lowest BCUT2D eigenvalue weighted by atomic mass is 9.97. The Balaban J connectivity index is 2.16. The Morgan fingerprint density at radius 1 is 1.35 bits per heavy atom. The number of pyridine rings is 1. The van der Waals surface area contributed by atoms with Gasteiger partial charge in [0.05, 0.1) is 6.04 Å². The molecule has 0 spiro atoms. The normalized spacial score (nSPS) is 12.2. The second-order valence-electron chi connectivity index (χ2n) is 5.98. The molecule has 1 atom stereocenters. The Morgan fingerprint density at radius 3 is 2.65 bits per heavy atom. The van der Waals surface area contributed by atoms with Gasteiger partial charge in [-0.05, 0) is 37.5 Å². The van der Waals surface area contributed by atoms with E-state index >= 15 is 0 Å². The second kappa shape index (κ2) is 7.17. The van der Waals surface area contributed by atoms with E-state index in [1.807, 2.05) is 26.0 Å². The molecule has 0 radical (unpaired) electrons. The van der Waals surface area contributed by atoms with Gasteiger partial charge < -0.3 is 5.32 Å². The Bertz CT molecular complexity index is 738. The van der Waals surface area contributed by atoms with Crippen molar-refractivity contribution in [2.45, 2.75) is 40.3 Å². The lowest BCUT2D eigenvalue weighted by Gasteiger charge is -2.23. The predicted octanol–water partition coefficient (Wildman–Crippen LogP) is 1.77. The van der Waals surface area contributed by atoms with Crippen molar-refractivity contribution in [2.24, 2.45) is 5.92 Å². The number of carbonyl (C=O) groups is 1. The molecule has 2 aromatic rings. The summed E-state index contributed by atoms with van der Waals surface area (Å²) in [5.41, 5.74) is 1.92. The third-order valence-corrected chi connectivity index (χ3v) is 3.67. The molecule has 2 heterocycles. The van der Waals surface area contributed by atoms with Crippen molar-refractivity contribution in [2.75, 3.05) is 0 Å². The fourth-order valence-electron chi connectivity index (χ4n) is 2.52. The van der Waals surface area contributed by atoms with E-state index in [1.165, 1.54) is 4.57 Å². The van der Waals surface area contributed by atoms with Gasteiger partial charge in [0.1, 0.15) is 6.54 Å². The highest BCUT2D eigenvalue weighted by molar-refractivity contribution is 5.76. The fourth-order valence-corrected chi connectivity index (χ4v) is 2.52. The quantitative estimate of drug-likeness (QED) is 0.912. The summed E-state index contributed by atoms with van der Waals surface area (Å²) in [5, 5.41) is 2.98. The van der Waals surface area contributed by atoms with Crippen LogP contribution < -0.4 is 11.0 Å². The van der Waals surface area contributed by atoms with Crippen LogP contribution in [0.3, 0.4) is 0 Å². The standard InChI is InChI=1S/C17H22N4O2/c1-11(2)16(14-6-5-7-18-9-14)20-15(22)10-21-13(4)8-12(3)19-17(21)23/h5-9,11,16H,10H2,1-4H3,(H,20,22)/t16-/m1/s1. The van der Waals surface area contributed by atoms with Crippen LogP contribution in [-0.2, 0) is 11.3 Å². The molecule has 2 rings (SSSR count). The second-order valence-corrected chi connectivity index (χ2v) is 5.98. The van der Waals surface area contributed by atoms with Crippen molar-refractivity contribution < 1.29 is 4.79 Å². The minimum Gasteiger partial charge on any atom is -0.347 e. The van der Waals surface area contributed by atoms with Crippen LogP contribution in [0.5, 0.6) is 0 Å². The van der Waals surface area contributed by atoms with Gasteiger partial charge in [0.15, 0.2) is 0 Å². The van der Waals surface area contributed by atoms with E-state index in [0.717, 1.165) is 11.3 Å². The van der Waals surface area contributed by atoms with Crippen LogP contribution in [-0.4, -0.2) is 20.4 Å². The van der Waals surface area contributed by atoms with E-state index in [-0.39, 0.29) is 24.4 Å². The molecule has 0 saturated carbocycles. The molecular weight excluding hydrogens is 292 g/mol. The lowest BCUT2D eigenvalue weighted by Crippen LogP contribution is -2.38. The molecular formula is C17H22N4O2. The third-order valence-electron chi connectivity index (χ3n) is 3.67. The van der Waals surface area contributed by atoms with Crippen LogP contribution in [0.15, 0.2) is 35.4 Å². The highest BCUT2D eigenvalue weighted by atomic mass is 16.2. The van der Waals surface area contributed by atoms with E-state index in [2.05, 4.69) is 15.3 Å². The van der Waals surface area contributed by atoms with Crippen molar-refractivity contribution >= 4 is 5.91 Å². The molecule has 0 aliphatic rings. The molecule has 122 valence electrons. The number of hydrogen-bond donors (Lipinski definition) is 1. The minimum atomic E-state index is -0.403. The number of aryl methyl sites for hydroxylation is 2. The Labute approximate surface area is 135 Å². The topological polar surface area (TPSA) is 76.9 Å². The molecule has 1 amide bonds. The number of hydrogen-bond acceptors (Lipinski definition) is 4. The number of nitrogens with one attached hydrogen (secondary N) is 1. The number of amides is 1. The van der Waals surface area contributed by atoms with Crippen molar-refractivity contribution in [1.29, 1.82) is 0 Å². The zero-order chi connectivity index (χ0) is 17.0. The SMILES string of the molecule is Cc1cc(C)n(CC(=O)N[C@@H](c2cccnc2)C(C)C)c(=O)n1. The maximum Gasteiger partial charge on any atom is 0.348 e. The summed E-state index contributed by atoms with van der Waals surface area (Å²) in [7, 11) is 0. The molecule has 0 fully saturated rings. The molecule has 0 aromatic carbocycles. The van der Waals surface area contributed by atoms with Gasteiger partial charge in [0.25, 0.3) is 0 Å². The summed E-state index contributed by atoms with van der Waals surface area (Å²) in [6, 6.07) is 5.42. The molecule has 1 N–H and O–H groups in total. The summed E-state index contributed by atoms with van der Waals surface area (Å²) in [6.45, 7) is 7.58. The van der Waals surface area contributed by atoms with Crippen molar-refractivity contribution in [3.63, 3.8) is 0 Å². The minimum absolute atomic E-state index is 0.0402. The van der Waals surface area contributed by atoms with Gasteiger partial charge in [-0.2, -0.15) is 4.98 Å². The molecule has 6 nitrogen and oxygen atoms in total. The highest BCUT2D eigenvalue weighted by Gasteiger charge is 2.19. The Hall–Kier alpha value is -2.50. The van der Waals surface area contributed by atoms with Crippen LogP contribution in [0.1, 0.15) is 36.8 Å². The summed E-state index contributed by atoms with van der Waals surface area (Å²) in [5.74, 6) is -0.0134. The first-order valence-corrected chi connectivity index (χ1v) is 7.63. The maximum absolute atomic E-state index is 12.4. The first kappa shape index (κ1) is 16.9. The molecule has 23 heavy (non-hydrogen) atoms. The number of carbonyl (C=O) groups excluding carboxylic acids is 1. The van der Waals surface area contributed by atoms with Gasteiger partial charge in [-0.3, -0.25) is 14.3 Å². The van der Waals surface area contributed by atoms with E-state index in [9.17, 15) is 9.59 Å². The van der Waals surface area contributed by atoms with E-state index in [4.69, 9.17) is 0 Å². The van der Waals surface area contributed by atoms with E-state index in [1.54, 1.807) is 32.3 Å². The van der Waals surface area contributed by atoms with Gasteiger partial charge in [-0.15, -0.1) is 0 Å². The molecule has 0 aliphatic carbocycles. The van der Waals surface area contributed by atoms with Crippen LogP contribution >= 0.6 is 0 Å². The van der Waals surface area contributed by atoms with Gasteiger partial charge in [0.2, 0.25) is 5.91 Å². The number of aromatic nitrogens is 3. The summed E-state index contributed by atoms with van der Waals surface area (Å²) in [6.07, 6.45) is 3.44. The fraction of sp³-hybridized carbons (Fsp3) is 0.412. The van der Waals surface area contributed by atoms with Crippen molar-refractivity contribution in [1.82, 2.24) is 19.9 Å². The van der Waals surface area contributed by atoms with E-state index < -0.39 is 5.69 Å². The zero-order valence-corrected chi connectivity index (χ0v) is 13.9. The van der Waals surface area contributed by atoms with Gasteiger partial charge in [-0.1, -0.05) is 19.9 Å². The third kappa shape index (κ3) is 4.25. The number of rotatable bonds is 5. The lowest BCUT2D eigenvalue weighted by molar-refractivity contribution is -0.122. The Kier molecular flexibility index (Phi) is 5.26. The van der Waals surface area contributed by atoms with E-state index in [0.29, 0.717) is 5.69 Å². The van der Waals surface area contributed by atoms with Gasteiger partial charge in [0, 0.05) is 23.8 Å². The largest absolute Gasteiger partial charge is 0.348 e. The molecule has 6 heteroatoms. The summed E-state index contributed by atoms with van der Waals surface area (Å²) < 4.78 is 1.38. The maximum atomic E-state index is 12.4. The highest BCUT2D eigenvalue weighted by Crippen LogP contribution is 2.20. The Morgan fingerprint density at radius 2 is 2.09 bits per heavy atom. The van der Waals surface area contributed by atoms with Crippen LogP contribution in [0.4, 0.5) is 0 Å². The monoisotopic (exact) mass is 314 g/mol. The first-order chi connectivity index (χ1) is 10.9. The molecule has 0 bridgehead atoms. The number of nitrogens with zero attached hydrogens (tertiary/aromatic N) is 3. The van der Waals surface area contributed by atoms with Crippen LogP contribution in [0.2, 0.25) is 0 Å². The van der Waals surface area contributed by atoms with Gasteiger partial charge in [-0.25, -0.2) is 4.79 Å². The van der Waals surface area contributed by atoms with Crippen molar-refractivity contribution in [3.8, 4) is 0 Å². The average Bonchev–Trinajstić information content (AvgIpc) is 2.49. The van der Waals surface area contributed by atoms with Gasteiger partial charge >= 0.3 is 5.69 Å². The predicted molar refractivity (Wildman–Crippen MR) is 87.9 cm³/mol. The molecule has 0 saturated heterocycles. The molecule has 0 unspecified atom stereocenters. The molecule has 2 aromatic heterocycles. The van der Waals surface area contributed by atoms with Crippen molar-refractivity contribution in [3.05, 3.63) is 58.0 Å². The summed E-state index contributed by atoms with van der Waals surface area (Å²) >= 11 is 0. The first-order valence-electron chi connectivity index (χ1n) is 7.63. The summed E-state index contributed by atoms with van der Waals surface area (Å²) in [4.78, 5) is 32.3.